The predicted molar refractivity (Wildman–Crippen MR) is 96.5 cm³/mol. The fraction of sp³-hybridized carbons (Fsp3) is 0.500. The zero-order chi connectivity index (χ0) is 17.9. The second-order valence-corrected chi connectivity index (χ2v) is 8.84. The van der Waals surface area contributed by atoms with Gasteiger partial charge in [0.15, 0.2) is 5.82 Å². The Morgan fingerprint density at radius 1 is 1.16 bits per heavy atom. The molecule has 0 saturated carbocycles. The lowest BCUT2D eigenvalue weighted by Crippen LogP contribution is -2.48. The Bertz CT molecular complexity index is 799. The summed E-state index contributed by atoms with van der Waals surface area (Å²) in [6.07, 6.45) is 1.79. The predicted octanol–water partition coefficient (Wildman–Crippen LogP) is 2.29. The molecule has 25 heavy (non-hydrogen) atoms. The summed E-state index contributed by atoms with van der Waals surface area (Å²) in [6, 6.07) is 6.73. The van der Waals surface area contributed by atoms with Gasteiger partial charge < -0.3 is 4.52 Å². The number of hydrogen-bond acceptors (Lipinski definition) is 6. The zero-order valence-corrected chi connectivity index (χ0v) is 16.5. The van der Waals surface area contributed by atoms with Gasteiger partial charge in [0, 0.05) is 37.1 Å². The zero-order valence-electron chi connectivity index (χ0n) is 14.1. The molecule has 3 rings (SSSR count). The Labute approximate surface area is 156 Å². The highest BCUT2D eigenvalue weighted by atomic mass is 79.9. The largest absolute Gasteiger partial charge is 0.338 e. The first-order chi connectivity index (χ1) is 12.0. The first-order valence-electron chi connectivity index (χ1n) is 8.28. The van der Waals surface area contributed by atoms with Gasteiger partial charge in [-0.25, -0.2) is 8.42 Å². The van der Waals surface area contributed by atoms with E-state index in [9.17, 15) is 8.42 Å². The van der Waals surface area contributed by atoms with Crippen LogP contribution in [0.5, 0.6) is 0 Å². The molecule has 136 valence electrons. The minimum atomic E-state index is -3.44. The van der Waals surface area contributed by atoms with Crippen molar-refractivity contribution in [2.75, 3.05) is 26.2 Å². The summed E-state index contributed by atoms with van der Waals surface area (Å²) in [6.45, 7) is 4.81. The Kier molecular flexibility index (Phi) is 5.88. The first-order valence-corrected chi connectivity index (χ1v) is 10.5. The Morgan fingerprint density at radius 2 is 1.84 bits per heavy atom. The van der Waals surface area contributed by atoms with Gasteiger partial charge in [0.1, 0.15) is 0 Å². The average molecular weight is 429 g/mol. The smallest absolute Gasteiger partial charge is 0.243 e. The van der Waals surface area contributed by atoms with Crippen molar-refractivity contribution in [3.05, 3.63) is 40.5 Å². The molecular weight excluding hydrogens is 408 g/mol. The van der Waals surface area contributed by atoms with Gasteiger partial charge >= 0.3 is 0 Å². The molecule has 1 aromatic carbocycles. The lowest BCUT2D eigenvalue weighted by molar-refractivity contribution is 0.163. The molecule has 0 radical (unpaired) electrons. The van der Waals surface area contributed by atoms with E-state index in [0.717, 1.165) is 23.1 Å². The van der Waals surface area contributed by atoms with Gasteiger partial charge in [-0.05, 0) is 30.7 Å². The van der Waals surface area contributed by atoms with Crippen LogP contribution in [-0.4, -0.2) is 53.9 Å². The third kappa shape index (κ3) is 4.46. The summed E-state index contributed by atoms with van der Waals surface area (Å²) >= 11 is 3.32. The number of rotatable bonds is 6. The summed E-state index contributed by atoms with van der Waals surface area (Å²) < 4.78 is 33.0. The van der Waals surface area contributed by atoms with E-state index in [1.165, 1.54) is 4.31 Å². The van der Waals surface area contributed by atoms with Crippen molar-refractivity contribution < 1.29 is 12.9 Å². The Balaban J connectivity index is 1.58. The first kappa shape index (κ1) is 18.5. The summed E-state index contributed by atoms with van der Waals surface area (Å²) in [5.41, 5.74) is 0. The number of nitrogens with zero attached hydrogens (tertiary/aromatic N) is 4. The molecule has 7 nitrogen and oxygen atoms in total. The molecule has 2 aromatic rings. The maximum atomic E-state index is 12.7. The van der Waals surface area contributed by atoms with Crippen LogP contribution in [0.25, 0.3) is 0 Å². The summed E-state index contributed by atoms with van der Waals surface area (Å²) in [7, 11) is -3.44. The quantitative estimate of drug-likeness (QED) is 0.701. The van der Waals surface area contributed by atoms with Crippen LogP contribution in [0.2, 0.25) is 0 Å². The number of aromatic nitrogens is 2. The van der Waals surface area contributed by atoms with Crippen molar-refractivity contribution in [1.82, 2.24) is 19.3 Å². The van der Waals surface area contributed by atoms with E-state index in [1.54, 1.807) is 24.3 Å². The highest BCUT2D eigenvalue weighted by Crippen LogP contribution is 2.20. The van der Waals surface area contributed by atoms with Crippen molar-refractivity contribution in [1.29, 1.82) is 0 Å². The molecule has 1 fully saturated rings. The molecule has 1 aliphatic heterocycles. The van der Waals surface area contributed by atoms with Gasteiger partial charge in [0.05, 0.1) is 11.4 Å². The van der Waals surface area contributed by atoms with Gasteiger partial charge in [-0.15, -0.1) is 0 Å². The molecular formula is C16H21BrN4O3S. The molecule has 0 amide bonds. The van der Waals surface area contributed by atoms with E-state index in [4.69, 9.17) is 4.52 Å². The summed E-state index contributed by atoms with van der Waals surface area (Å²) in [5, 5.41) is 3.95. The molecule has 0 aliphatic carbocycles. The molecule has 0 spiro atoms. The lowest BCUT2D eigenvalue weighted by Gasteiger charge is -2.33. The van der Waals surface area contributed by atoms with Crippen LogP contribution < -0.4 is 0 Å². The maximum absolute atomic E-state index is 12.7. The topological polar surface area (TPSA) is 79.5 Å². The molecule has 9 heteroatoms. The van der Waals surface area contributed by atoms with E-state index < -0.39 is 10.0 Å². The number of hydrogen-bond donors (Lipinski definition) is 0. The van der Waals surface area contributed by atoms with Crippen molar-refractivity contribution in [2.45, 2.75) is 31.2 Å². The van der Waals surface area contributed by atoms with E-state index in [2.05, 4.69) is 37.9 Å². The Hall–Kier alpha value is -1.29. The van der Waals surface area contributed by atoms with Crippen molar-refractivity contribution in [2.24, 2.45) is 0 Å². The number of benzene rings is 1. The minimum absolute atomic E-state index is 0.324. The van der Waals surface area contributed by atoms with Crippen LogP contribution in [-0.2, 0) is 23.0 Å². The van der Waals surface area contributed by atoms with Gasteiger partial charge in [0.2, 0.25) is 15.9 Å². The van der Waals surface area contributed by atoms with E-state index in [-0.39, 0.29) is 0 Å². The summed E-state index contributed by atoms with van der Waals surface area (Å²) in [4.78, 5) is 6.82. The number of halogens is 1. The second kappa shape index (κ2) is 7.94. The third-order valence-electron chi connectivity index (χ3n) is 4.13. The van der Waals surface area contributed by atoms with Crippen molar-refractivity contribution in [3.63, 3.8) is 0 Å². The highest BCUT2D eigenvalue weighted by molar-refractivity contribution is 9.10. The second-order valence-electron chi connectivity index (χ2n) is 5.99. The molecule has 1 aliphatic rings. The molecule has 0 atom stereocenters. The average Bonchev–Trinajstić information content (AvgIpc) is 3.03. The van der Waals surface area contributed by atoms with Crippen molar-refractivity contribution >= 4 is 26.0 Å². The van der Waals surface area contributed by atoms with Crippen LogP contribution in [0.15, 0.2) is 38.2 Å². The van der Waals surface area contributed by atoms with Crippen LogP contribution in [0.3, 0.4) is 0 Å². The number of sulfonamides is 1. The molecule has 0 unspecified atom stereocenters. The number of aryl methyl sites for hydroxylation is 1. The van der Waals surface area contributed by atoms with Gasteiger partial charge in [-0.3, -0.25) is 4.90 Å². The summed E-state index contributed by atoms with van der Waals surface area (Å²) in [5.74, 6) is 1.32. The molecule has 0 bridgehead atoms. The van der Waals surface area contributed by atoms with Gasteiger partial charge in [-0.2, -0.15) is 9.29 Å². The van der Waals surface area contributed by atoms with Crippen molar-refractivity contribution in [3.8, 4) is 0 Å². The fourth-order valence-corrected chi connectivity index (χ4v) is 4.44. The van der Waals surface area contributed by atoms with E-state index in [0.29, 0.717) is 43.5 Å². The highest BCUT2D eigenvalue weighted by Gasteiger charge is 2.29. The Morgan fingerprint density at radius 3 is 2.48 bits per heavy atom. The van der Waals surface area contributed by atoms with E-state index >= 15 is 0 Å². The maximum Gasteiger partial charge on any atom is 0.243 e. The van der Waals surface area contributed by atoms with E-state index in [1.807, 2.05) is 0 Å². The van der Waals surface area contributed by atoms with Crippen LogP contribution in [0.1, 0.15) is 25.1 Å². The lowest BCUT2D eigenvalue weighted by atomic mass is 10.3. The molecule has 2 heterocycles. The van der Waals surface area contributed by atoms with Gasteiger partial charge in [0.25, 0.3) is 0 Å². The fourth-order valence-electron chi connectivity index (χ4n) is 2.75. The SMILES string of the molecule is CCCc1noc(CN2CCN(S(=O)(=O)c3ccc(Br)cc3)CC2)n1. The van der Waals surface area contributed by atoms with Crippen LogP contribution >= 0.6 is 15.9 Å². The standard InChI is InChI=1S/C16H21BrN4O3S/c1-2-3-15-18-16(24-19-15)12-20-8-10-21(11-9-20)25(22,23)14-6-4-13(17)5-7-14/h4-7H,2-3,8-12H2,1H3. The molecule has 1 saturated heterocycles. The van der Waals surface area contributed by atoms with Crippen LogP contribution in [0.4, 0.5) is 0 Å². The third-order valence-corrected chi connectivity index (χ3v) is 6.57. The normalized spacial score (nSPS) is 17.0. The number of piperazine rings is 1. The molecule has 0 N–H and O–H groups in total. The minimum Gasteiger partial charge on any atom is -0.338 e. The van der Waals surface area contributed by atoms with Gasteiger partial charge in [-0.1, -0.05) is 28.0 Å². The monoisotopic (exact) mass is 428 g/mol. The van der Waals surface area contributed by atoms with Crippen LogP contribution in [0, 0.1) is 0 Å². The molecule has 1 aromatic heterocycles.